The molecule has 0 aromatic carbocycles. The van der Waals surface area contributed by atoms with Gasteiger partial charge in [0.25, 0.3) is 0 Å². The van der Waals surface area contributed by atoms with Crippen molar-refractivity contribution in [3.05, 3.63) is 0 Å². The van der Waals surface area contributed by atoms with Crippen molar-refractivity contribution in [3.63, 3.8) is 0 Å². The summed E-state index contributed by atoms with van der Waals surface area (Å²) in [4.78, 5) is 30.4. The van der Waals surface area contributed by atoms with E-state index in [-0.39, 0.29) is 30.8 Å². The minimum Gasteiger partial charge on any atom is -0.458 e. The molecule has 0 amide bonds. The molecule has 0 spiro atoms. The molecular formula is C41H73NO15. The zero-order chi connectivity index (χ0) is 42.9. The molecule has 0 aromatic heterocycles. The molecule has 4 aliphatic rings. The maximum Gasteiger partial charge on any atom is 0.311 e. The van der Waals surface area contributed by atoms with Gasteiger partial charge in [-0.25, -0.2) is 0 Å². The van der Waals surface area contributed by atoms with E-state index in [9.17, 15) is 24.9 Å². The van der Waals surface area contributed by atoms with Crippen LogP contribution in [0.25, 0.3) is 0 Å². The molecule has 1 aliphatic carbocycles. The number of hydrogen-bond donors (Lipinski definition) is 3. The molecule has 3 saturated heterocycles. The monoisotopic (exact) mass is 819 g/mol. The van der Waals surface area contributed by atoms with Gasteiger partial charge in [0.2, 0.25) is 0 Å². The molecule has 3 heterocycles. The summed E-state index contributed by atoms with van der Waals surface area (Å²) >= 11 is 0. The number of likely N-dealkylation sites (N-methyl/N-ethyl adjacent to an activating group) is 1. The average molecular weight is 820 g/mol. The van der Waals surface area contributed by atoms with E-state index in [1.54, 1.807) is 62.9 Å². The van der Waals surface area contributed by atoms with Gasteiger partial charge in [-0.1, -0.05) is 27.7 Å². The van der Waals surface area contributed by atoms with E-state index < -0.39 is 114 Å². The third-order valence-electron chi connectivity index (χ3n) is 13.7. The molecule has 4 rings (SSSR count). The van der Waals surface area contributed by atoms with Crippen molar-refractivity contribution in [2.24, 2.45) is 29.6 Å². The second-order valence-electron chi connectivity index (χ2n) is 17.7. The molecule has 19 atom stereocenters. The second kappa shape index (κ2) is 19.1. The van der Waals surface area contributed by atoms with Crippen LogP contribution in [0.2, 0.25) is 0 Å². The normalized spacial score (nSPS) is 47.7. The number of rotatable bonds is 12. The first-order chi connectivity index (χ1) is 26.6. The summed E-state index contributed by atoms with van der Waals surface area (Å²) in [6, 6.07) is -0.197. The van der Waals surface area contributed by atoms with Crippen LogP contribution in [-0.2, 0) is 57.0 Å². The maximum absolute atomic E-state index is 14.2. The largest absolute Gasteiger partial charge is 0.458 e. The average Bonchev–Trinajstić information content (AvgIpc) is 3.71. The van der Waals surface area contributed by atoms with Crippen molar-refractivity contribution in [3.8, 4) is 0 Å². The highest BCUT2D eigenvalue weighted by atomic mass is 16.7. The fourth-order valence-corrected chi connectivity index (χ4v) is 9.61. The number of aliphatic hydroxyl groups is 3. The lowest BCUT2D eigenvalue weighted by Crippen LogP contribution is -2.61. The highest BCUT2D eigenvalue weighted by Gasteiger charge is 2.70. The van der Waals surface area contributed by atoms with Gasteiger partial charge in [0, 0.05) is 78.2 Å². The van der Waals surface area contributed by atoms with E-state index in [1.165, 1.54) is 14.2 Å². The molecule has 0 radical (unpaired) electrons. The summed E-state index contributed by atoms with van der Waals surface area (Å²) in [5.41, 5.74) is -4.08. The molecule has 0 bridgehead atoms. The Morgan fingerprint density at radius 1 is 0.825 bits per heavy atom. The van der Waals surface area contributed by atoms with E-state index in [4.69, 9.17) is 47.4 Å². The van der Waals surface area contributed by atoms with Crippen molar-refractivity contribution in [2.75, 3.05) is 49.1 Å². The summed E-state index contributed by atoms with van der Waals surface area (Å²) < 4.78 is 61.9. The SMILES string of the molecule is COC(CN(C)[C@H]1C[C@@H](C)O[C@@H](O[C@@H]2[C@@H](C)[C@H](O[C@@H]3C[C@@](C)(OC)[C@@H](O)[C@H](C)O3)[C@@H](C)C(=O)O[C@@H]3C(C)[C@]3(O)[C@H](O)[C@@H](C)C(=O)[C@H](C)C[C@]2(C)OC)[C@@H]1OC)OC. The van der Waals surface area contributed by atoms with Crippen LogP contribution in [0.1, 0.15) is 81.6 Å². The topological polar surface area (TPSA) is 190 Å². The predicted octanol–water partition coefficient (Wildman–Crippen LogP) is 2.30. The molecule has 4 fully saturated rings. The quantitative estimate of drug-likeness (QED) is 0.192. The Morgan fingerprint density at radius 2 is 1.44 bits per heavy atom. The van der Waals surface area contributed by atoms with Crippen molar-refractivity contribution in [1.82, 2.24) is 4.90 Å². The second-order valence-corrected chi connectivity index (χ2v) is 17.7. The number of esters is 1. The van der Waals surface area contributed by atoms with E-state index in [0.717, 1.165) is 0 Å². The molecule has 1 unspecified atom stereocenters. The van der Waals surface area contributed by atoms with Crippen LogP contribution in [0.5, 0.6) is 0 Å². The van der Waals surface area contributed by atoms with Gasteiger partial charge in [-0.15, -0.1) is 0 Å². The summed E-state index contributed by atoms with van der Waals surface area (Å²) in [7, 11) is 9.77. The Balaban J connectivity index is 1.83. The fourth-order valence-electron chi connectivity index (χ4n) is 9.61. The number of nitrogens with zero attached hydrogens (tertiary/aromatic N) is 1. The Bertz CT molecular complexity index is 1340. The Kier molecular flexibility index (Phi) is 16.2. The predicted molar refractivity (Wildman–Crippen MR) is 206 cm³/mol. The summed E-state index contributed by atoms with van der Waals surface area (Å²) in [6.45, 7) is 16.3. The number of carbonyl (C=O) groups excluding carboxylic acids is 2. The van der Waals surface area contributed by atoms with Crippen LogP contribution in [-0.4, -0.2) is 172 Å². The molecule has 332 valence electrons. The molecule has 3 N–H and O–H groups in total. The third kappa shape index (κ3) is 9.74. The fraction of sp³-hybridized carbons (Fsp3) is 0.951. The number of aliphatic hydroxyl groups excluding tert-OH is 2. The Morgan fingerprint density at radius 3 is 2.00 bits per heavy atom. The van der Waals surface area contributed by atoms with Gasteiger partial charge in [0.05, 0.1) is 47.6 Å². The van der Waals surface area contributed by atoms with Crippen molar-refractivity contribution in [2.45, 2.75) is 172 Å². The van der Waals surface area contributed by atoms with Crippen LogP contribution in [0, 0.1) is 29.6 Å². The molecule has 0 aromatic rings. The lowest BCUT2D eigenvalue weighted by atomic mass is 9.75. The first-order valence-corrected chi connectivity index (χ1v) is 20.4. The zero-order valence-electron chi connectivity index (χ0n) is 36.8. The summed E-state index contributed by atoms with van der Waals surface area (Å²) in [5.74, 6) is -4.94. The highest BCUT2D eigenvalue weighted by molar-refractivity contribution is 5.84. The smallest absolute Gasteiger partial charge is 0.311 e. The van der Waals surface area contributed by atoms with Crippen LogP contribution in [0.4, 0.5) is 0 Å². The molecule has 16 heteroatoms. The maximum atomic E-state index is 14.2. The van der Waals surface area contributed by atoms with Crippen molar-refractivity contribution < 1.29 is 72.3 Å². The first-order valence-electron chi connectivity index (χ1n) is 20.4. The van der Waals surface area contributed by atoms with Crippen LogP contribution >= 0.6 is 0 Å². The van der Waals surface area contributed by atoms with Crippen LogP contribution in [0.15, 0.2) is 0 Å². The standard InChI is InChI=1S/C41H73NO15/c1-20-17-40(9,52-15)35(57-38-32(50-13)27(16-21(2)53-38)42(10)19-29(48-11)49-12)23(4)31(55-28-18-39(8,51-14)34(45)26(7)54-28)24(5)37(46)56-36-25(6)41(36,47)33(44)22(3)30(20)43/h20-29,31-36,38,44-45,47H,16-19H2,1-15H3/t20-,21-,22+,23+,24-,25?,26+,27+,28-,31+,32-,33-,34+,35-,36-,38+,39-,40+,41+/m1/s1. The highest BCUT2D eigenvalue weighted by Crippen LogP contribution is 2.51. The molecule has 1 saturated carbocycles. The van der Waals surface area contributed by atoms with E-state index in [2.05, 4.69) is 4.90 Å². The molecule has 57 heavy (non-hydrogen) atoms. The number of hydrogen-bond acceptors (Lipinski definition) is 16. The molecular weight excluding hydrogens is 746 g/mol. The Hall–Kier alpha value is -1.38. The third-order valence-corrected chi connectivity index (χ3v) is 13.7. The van der Waals surface area contributed by atoms with E-state index in [1.807, 2.05) is 27.8 Å². The first kappa shape index (κ1) is 48.3. The summed E-state index contributed by atoms with van der Waals surface area (Å²) in [6.07, 6.45) is -8.46. The van der Waals surface area contributed by atoms with Gasteiger partial charge in [0.15, 0.2) is 18.9 Å². The lowest BCUT2D eigenvalue weighted by Gasteiger charge is -2.50. The van der Waals surface area contributed by atoms with Gasteiger partial charge >= 0.3 is 5.97 Å². The number of fused-ring (bicyclic) bond motifs is 1. The number of Topliss-reactive ketones (excluding diaryl/α,β-unsaturated/α-hetero) is 1. The van der Waals surface area contributed by atoms with E-state index >= 15 is 0 Å². The van der Waals surface area contributed by atoms with Gasteiger partial charge in [-0.05, 0) is 54.5 Å². The van der Waals surface area contributed by atoms with Crippen molar-refractivity contribution >= 4 is 11.8 Å². The summed E-state index contributed by atoms with van der Waals surface area (Å²) in [5, 5.41) is 34.1. The number of methoxy groups -OCH3 is 5. The van der Waals surface area contributed by atoms with Gasteiger partial charge in [0.1, 0.15) is 29.7 Å². The Labute approximate surface area is 339 Å². The van der Waals surface area contributed by atoms with Gasteiger partial charge < -0.3 is 62.7 Å². The van der Waals surface area contributed by atoms with Gasteiger partial charge in [-0.3, -0.25) is 14.5 Å². The lowest BCUT2D eigenvalue weighted by molar-refractivity contribution is -0.321. The minimum atomic E-state index is -1.81. The van der Waals surface area contributed by atoms with Gasteiger partial charge in [-0.2, -0.15) is 0 Å². The van der Waals surface area contributed by atoms with Crippen LogP contribution < -0.4 is 0 Å². The molecule has 16 nitrogen and oxygen atoms in total. The van der Waals surface area contributed by atoms with Crippen molar-refractivity contribution in [1.29, 1.82) is 0 Å². The zero-order valence-corrected chi connectivity index (χ0v) is 36.8. The van der Waals surface area contributed by atoms with Crippen LogP contribution in [0.3, 0.4) is 0 Å². The number of ether oxygens (including phenoxy) is 10. The number of ketones is 1. The number of carbonyl (C=O) groups is 2. The molecule has 3 aliphatic heterocycles. The minimum absolute atomic E-state index is 0.134. The van der Waals surface area contributed by atoms with E-state index in [0.29, 0.717) is 13.0 Å².